The van der Waals surface area contributed by atoms with Crippen molar-refractivity contribution < 1.29 is 18.3 Å². The number of carbonyl (C=O) groups is 1. The van der Waals surface area contributed by atoms with Crippen molar-refractivity contribution in [3.8, 4) is 0 Å². The summed E-state index contributed by atoms with van der Waals surface area (Å²) >= 11 is 5.92. The summed E-state index contributed by atoms with van der Waals surface area (Å²) in [4.78, 5) is 36.9. The molecule has 0 fully saturated rings. The van der Waals surface area contributed by atoms with Crippen LogP contribution in [0.2, 0.25) is 5.15 Å². The minimum atomic E-state index is -1.12. The van der Waals surface area contributed by atoms with Crippen molar-refractivity contribution in [2.75, 3.05) is 13.7 Å². The van der Waals surface area contributed by atoms with Gasteiger partial charge in [-0.15, -0.1) is 0 Å². The number of benzene rings is 1. The molecular weight excluding hydrogens is 430 g/mol. The number of aromatic amines is 2. The smallest absolute Gasteiger partial charge is 0.270 e. The maximum Gasteiger partial charge on any atom is 0.270 e. The highest BCUT2D eigenvalue weighted by Crippen LogP contribution is 2.34. The van der Waals surface area contributed by atoms with E-state index in [4.69, 9.17) is 16.3 Å². The highest BCUT2D eigenvalue weighted by atomic mass is 35.5. The van der Waals surface area contributed by atoms with Crippen molar-refractivity contribution >= 4 is 39.3 Å². The fraction of sp³-hybridized carbons (Fsp3) is 0.190. The lowest BCUT2D eigenvalue weighted by molar-refractivity contribution is 0.0333. The Morgan fingerprint density at radius 3 is 2.71 bits per heavy atom. The summed E-state index contributed by atoms with van der Waals surface area (Å²) in [5.74, 6) is -2.55. The van der Waals surface area contributed by atoms with Gasteiger partial charge in [-0.2, -0.15) is 0 Å². The second-order valence-electron chi connectivity index (χ2n) is 7.36. The molecule has 1 aliphatic rings. The van der Waals surface area contributed by atoms with Gasteiger partial charge in [0.2, 0.25) is 0 Å². The number of aromatic nitrogens is 3. The number of rotatable bonds is 2. The van der Waals surface area contributed by atoms with Gasteiger partial charge in [0, 0.05) is 18.3 Å². The summed E-state index contributed by atoms with van der Waals surface area (Å²) in [6.07, 6.45) is 0. The van der Waals surface area contributed by atoms with Crippen LogP contribution < -0.4 is 5.56 Å². The zero-order valence-corrected chi connectivity index (χ0v) is 16.9. The van der Waals surface area contributed by atoms with Crippen LogP contribution in [0.25, 0.3) is 21.8 Å². The van der Waals surface area contributed by atoms with E-state index in [0.717, 1.165) is 12.1 Å². The zero-order valence-electron chi connectivity index (χ0n) is 16.1. The number of H-pyrrole nitrogens is 2. The predicted molar refractivity (Wildman–Crippen MR) is 110 cm³/mol. The number of ether oxygens (including phenoxy) is 1. The van der Waals surface area contributed by atoms with E-state index in [9.17, 15) is 18.4 Å². The van der Waals surface area contributed by atoms with E-state index >= 15 is 0 Å². The molecule has 158 valence electrons. The summed E-state index contributed by atoms with van der Waals surface area (Å²) in [5.41, 5.74) is 1.86. The van der Waals surface area contributed by atoms with Gasteiger partial charge >= 0.3 is 0 Å². The van der Waals surface area contributed by atoms with Crippen LogP contribution in [0.3, 0.4) is 0 Å². The Labute approximate surface area is 178 Å². The van der Waals surface area contributed by atoms with Crippen LogP contribution in [-0.4, -0.2) is 39.4 Å². The normalized spacial score (nSPS) is 15.9. The Hall–Kier alpha value is -3.30. The first-order valence-corrected chi connectivity index (χ1v) is 9.75. The van der Waals surface area contributed by atoms with Crippen molar-refractivity contribution in [3.05, 3.63) is 74.4 Å². The van der Waals surface area contributed by atoms with Crippen LogP contribution in [-0.2, 0) is 11.3 Å². The van der Waals surface area contributed by atoms with Gasteiger partial charge in [0.1, 0.15) is 10.8 Å². The number of hydrogen-bond acceptors (Lipinski definition) is 4. The second kappa shape index (κ2) is 7.14. The standard InChI is InChI=1S/C21H15ClF2N4O3/c1-28(21(30)15-6-14-13(25-15)2-3-18(22)26-14)17-8-31-7-16-19(17)9-4-11(23)12(24)5-10(9)20(29)27-16/h2-6,17,25H,7-8H2,1H3,(H,27,29)/t17-/m1/s1. The van der Waals surface area contributed by atoms with Crippen LogP contribution in [0.15, 0.2) is 35.1 Å². The van der Waals surface area contributed by atoms with E-state index < -0.39 is 23.2 Å². The van der Waals surface area contributed by atoms with Crippen LogP contribution in [0.1, 0.15) is 27.8 Å². The van der Waals surface area contributed by atoms with E-state index in [1.807, 2.05) is 0 Å². The first-order valence-electron chi connectivity index (χ1n) is 9.37. The molecule has 0 spiro atoms. The molecule has 2 N–H and O–H groups in total. The van der Waals surface area contributed by atoms with E-state index in [1.54, 1.807) is 25.2 Å². The van der Waals surface area contributed by atoms with Crippen molar-refractivity contribution in [2.24, 2.45) is 0 Å². The van der Waals surface area contributed by atoms with E-state index in [0.29, 0.717) is 27.4 Å². The number of halogens is 3. The summed E-state index contributed by atoms with van der Waals surface area (Å²) in [6, 6.07) is 6.14. The Bertz CT molecular complexity index is 1430. The largest absolute Gasteiger partial charge is 0.373 e. The van der Waals surface area contributed by atoms with Crippen molar-refractivity contribution in [1.29, 1.82) is 0 Å². The van der Waals surface area contributed by atoms with Crippen LogP contribution in [0.5, 0.6) is 0 Å². The molecule has 5 rings (SSSR count). The fourth-order valence-electron chi connectivity index (χ4n) is 3.98. The maximum absolute atomic E-state index is 14.0. The first kappa shape index (κ1) is 19.7. The molecule has 4 aromatic rings. The predicted octanol–water partition coefficient (Wildman–Crippen LogP) is 3.68. The molecule has 10 heteroatoms. The molecule has 0 saturated heterocycles. The fourth-order valence-corrected chi connectivity index (χ4v) is 4.13. The summed E-state index contributed by atoms with van der Waals surface area (Å²) in [6.45, 7) is 0.215. The lowest BCUT2D eigenvalue weighted by Gasteiger charge is -2.33. The van der Waals surface area contributed by atoms with Gasteiger partial charge in [-0.05, 0) is 35.7 Å². The molecule has 0 saturated carbocycles. The second-order valence-corrected chi connectivity index (χ2v) is 7.74. The zero-order chi connectivity index (χ0) is 21.9. The summed E-state index contributed by atoms with van der Waals surface area (Å²) in [7, 11) is 1.58. The average Bonchev–Trinajstić information content (AvgIpc) is 3.17. The highest BCUT2D eigenvalue weighted by molar-refractivity contribution is 6.29. The molecule has 1 amide bonds. The lowest BCUT2D eigenvalue weighted by Crippen LogP contribution is -2.37. The molecule has 7 nitrogen and oxygen atoms in total. The number of carbonyl (C=O) groups excluding carboxylic acids is 1. The number of hydrogen-bond donors (Lipinski definition) is 2. The third-order valence-corrected chi connectivity index (χ3v) is 5.71. The van der Waals surface area contributed by atoms with Gasteiger partial charge in [0.05, 0.1) is 35.7 Å². The maximum atomic E-state index is 14.0. The van der Waals surface area contributed by atoms with Gasteiger partial charge in [-0.3, -0.25) is 9.59 Å². The molecule has 0 bridgehead atoms. The number of nitrogens with one attached hydrogen (secondary N) is 2. The lowest BCUT2D eigenvalue weighted by atomic mass is 9.95. The van der Waals surface area contributed by atoms with Crippen molar-refractivity contribution in [3.63, 3.8) is 0 Å². The molecule has 0 aliphatic carbocycles. The van der Waals surface area contributed by atoms with E-state index in [1.165, 1.54) is 4.90 Å². The summed E-state index contributed by atoms with van der Waals surface area (Å²) in [5, 5.41) is 0.559. The molecular formula is C21H15ClF2N4O3. The topological polar surface area (TPSA) is 91.1 Å². The number of nitrogens with zero attached hydrogens (tertiary/aromatic N) is 2. The Balaban J connectivity index is 1.61. The minimum absolute atomic E-state index is 0.00912. The molecule has 1 aromatic carbocycles. The third kappa shape index (κ3) is 3.17. The third-order valence-electron chi connectivity index (χ3n) is 5.50. The van der Waals surface area contributed by atoms with Crippen molar-refractivity contribution in [1.82, 2.24) is 19.9 Å². The van der Waals surface area contributed by atoms with Crippen LogP contribution in [0, 0.1) is 11.6 Å². The minimum Gasteiger partial charge on any atom is -0.373 e. The Kier molecular flexibility index (Phi) is 4.53. The van der Waals surface area contributed by atoms with Crippen molar-refractivity contribution in [2.45, 2.75) is 12.6 Å². The molecule has 4 heterocycles. The van der Waals surface area contributed by atoms with Gasteiger partial charge in [-0.25, -0.2) is 13.8 Å². The average molecular weight is 445 g/mol. The van der Waals surface area contributed by atoms with E-state index in [2.05, 4.69) is 15.0 Å². The SMILES string of the molecule is CN(C(=O)c1cc2nc(Cl)ccc2[nH]1)[C@@H]1COCc2[nH]c(=O)c3cc(F)c(F)cc3c21. The van der Waals surface area contributed by atoms with E-state index in [-0.39, 0.29) is 35.6 Å². The molecule has 3 aromatic heterocycles. The van der Waals surface area contributed by atoms with Crippen LogP contribution >= 0.6 is 11.6 Å². The van der Waals surface area contributed by atoms with Gasteiger partial charge in [0.25, 0.3) is 11.5 Å². The number of likely N-dealkylation sites (N-methyl/N-ethyl adjacent to an activating group) is 1. The molecule has 1 atom stereocenters. The van der Waals surface area contributed by atoms with Gasteiger partial charge in [-0.1, -0.05) is 11.6 Å². The quantitative estimate of drug-likeness (QED) is 0.461. The Morgan fingerprint density at radius 1 is 1.19 bits per heavy atom. The molecule has 0 unspecified atom stereocenters. The summed E-state index contributed by atoms with van der Waals surface area (Å²) < 4.78 is 33.4. The molecule has 1 aliphatic heterocycles. The number of amides is 1. The van der Waals surface area contributed by atoms with Crippen LogP contribution in [0.4, 0.5) is 8.78 Å². The number of fused-ring (bicyclic) bond motifs is 4. The Morgan fingerprint density at radius 2 is 1.94 bits per heavy atom. The first-order chi connectivity index (χ1) is 14.8. The highest BCUT2D eigenvalue weighted by Gasteiger charge is 2.32. The monoisotopic (exact) mass is 444 g/mol. The number of pyridine rings is 2. The molecule has 0 radical (unpaired) electrons. The van der Waals surface area contributed by atoms with Gasteiger partial charge in [0.15, 0.2) is 11.6 Å². The molecule has 31 heavy (non-hydrogen) atoms. The van der Waals surface area contributed by atoms with Gasteiger partial charge < -0.3 is 19.6 Å².